The van der Waals surface area contributed by atoms with Crippen LogP contribution in [0.3, 0.4) is 0 Å². The number of methoxy groups -OCH3 is 1. The molecule has 3 heterocycles. The first-order chi connectivity index (χ1) is 16.6. The Morgan fingerprint density at radius 2 is 1.79 bits per heavy atom. The van der Waals surface area contributed by atoms with Gasteiger partial charge in [0.15, 0.2) is 11.5 Å². The number of aliphatic hydroxyl groups excluding tert-OH is 1. The number of Topliss-reactive ketones (excluding diaryl/α,β-unsaturated/α-hetero) is 1. The zero-order chi connectivity index (χ0) is 23.7. The maximum Gasteiger partial charge on any atom is 0.295 e. The number of hydrogen-bond donors (Lipinski definition) is 1. The van der Waals surface area contributed by atoms with Gasteiger partial charge in [0.05, 0.1) is 18.7 Å². The maximum atomic E-state index is 13.3. The highest BCUT2D eigenvalue weighted by Crippen LogP contribution is 2.43. The summed E-state index contributed by atoms with van der Waals surface area (Å²) in [4.78, 5) is 30.4. The van der Waals surface area contributed by atoms with Crippen LogP contribution in [-0.2, 0) is 9.59 Å². The number of benzene rings is 2. The van der Waals surface area contributed by atoms with E-state index in [1.54, 1.807) is 36.3 Å². The maximum absolute atomic E-state index is 13.3. The fourth-order valence-electron chi connectivity index (χ4n) is 4.96. The number of fused-ring (bicyclic) bond motifs is 1. The Bertz CT molecular complexity index is 1140. The van der Waals surface area contributed by atoms with Crippen LogP contribution >= 0.6 is 0 Å². The van der Waals surface area contributed by atoms with E-state index in [0.717, 1.165) is 25.9 Å². The van der Waals surface area contributed by atoms with Crippen molar-refractivity contribution in [2.24, 2.45) is 0 Å². The smallest absolute Gasteiger partial charge is 0.295 e. The molecule has 0 saturated carbocycles. The first-order valence-electron chi connectivity index (χ1n) is 11.6. The van der Waals surface area contributed by atoms with Crippen molar-refractivity contribution in [3.63, 3.8) is 0 Å². The summed E-state index contributed by atoms with van der Waals surface area (Å²) in [5.41, 5.74) is 1.09. The normalized spacial score (nSPS) is 21.8. The van der Waals surface area contributed by atoms with E-state index < -0.39 is 17.7 Å². The quantitative estimate of drug-likeness (QED) is 0.399. The molecule has 0 spiro atoms. The molecule has 8 nitrogen and oxygen atoms in total. The van der Waals surface area contributed by atoms with E-state index in [4.69, 9.17) is 14.2 Å². The lowest BCUT2D eigenvalue weighted by molar-refractivity contribution is -0.140. The van der Waals surface area contributed by atoms with Gasteiger partial charge in [-0.3, -0.25) is 9.59 Å². The molecule has 2 fully saturated rings. The molecule has 34 heavy (non-hydrogen) atoms. The number of nitrogens with zero attached hydrogens (tertiary/aromatic N) is 2. The number of ketones is 1. The summed E-state index contributed by atoms with van der Waals surface area (Å²) in [6.45, 7) is 3.12. The number of para-hydroxylation sites is 1. The SMILES string of the molecule is COc1ccccc1C1/C(=C(\O)c2ccc3c(c2)OCO3)C(=O)C(=O)N1CCN1CCCCC1. The number of likely N-dealkylation sites (tertiary alicyclic amines) is 2. The van der Waals surface area contributed by atoms with E-state index in [1.807, 2.05) is 18.2 Å². The predicted octanol–water partition coefficient (Wildman–Crippen LogP) is 3.33. The third-order valence-electron chi connectivity index (χ3n) is 6.73. The van der Waals surface area contributed by atoms with Crippen molar-refractivity contribution in [3.8, 4) is 17.2 Å². The lowest BCUT2D eigenvalue weighted by Crippen LogP contribution is -2.40. The number of rotatable bonds is 6. The summed E-state index contributed by atoms with van der Waals surface area (Å²) in [6.07, 6.45) is 3.50. The Labute approximate surface area is 198 Å². The molecule has 0 aliphatic carbocycles. The van der Waals surface area contributed by atoms with Gasteiger partial charge in [-0.05, 0) is 50.2 Å². The molecule has 1 N–H and O–H groups in total. The van der Waals surface area contributed by atoms with E-state index in [9.17, 15) is 14.7 Å². The van der Waals surface area contributed by atoms with Crippen molar-refractivity contribution in [1.82, 2.24) is 9.80 Å². The fourth-order valence-corrected chi connectivity index (χ4v) is 4.96. The molecule has 3 aliphatic rings. The topological polar surface area (TPSA) is 88.5 Å². The minimum atomic E-state index is -0.758. The van der Waals surface area contributed by atoms with Crippen LogP contribution in [0.25, 0.3) is 5.76 Å². The number of amides is 1. The number of carbonyl (C=O) groups excluding carboxylic acids is 2. The molecule has 2 aromatic carbocycles. The summed E-state index contributed by atoms with van der Waals surface area (Å²) < 4.78 is 16.3. The standard InChI is InChI=1S/C26H28N2O6/c1-32-19-8-4-3-7-18(19)23-22(24(29)17-9-10-20-21(15-17)34-16-33-20)25(30)26(31)28(23)14-13-27-11-5-2-6-12-27/h3-4,7-10,15,23,29H,2,5-6,11-14,16H2,1H3/b24-22+. The minimum Gasteiger partial charge on any atom is -0.507 e. The lowest BCUT2D eigenvalue weighted by atomic mass is 9.94. The molecule has 2 saturated heterocycles. The van der Waals surface area contributed by atoms with Crippen LogP contribution in [0.2, 0.25) is 0 Å². The van der Waals surface area contributed by atoms with Gasteiger partial charge in [0.1, 0.15) is 11.5 Å². The van der Waals surface area contributed by atoms with Gasteiger partial charge in [0.25, 0.3) is 11.7 Å². The molecule has 5 rings (SSSR count). The second kappa shape index (κ2) is 9.38. The van der Waals surface area contributed by atoms with Crippen LogP contribution in [0, 0.1) is 0 Å². The molecule has 1 atom stereocenters. The van der Waals surface area contributed by atoms with Crippen LogP contribution in [-0.4, -0.2) is 66.7 Å². The summed E-state index contributed by atoms with van der Waals surface area (Å²) >= 11 is 0. The van der Waals surface area contributed by atoms with Crippen molar-refractivity contribution < 1.29 is 28.9 Å². The molecular formula is C26H28N2O6. The summed E-state index contributed by atoms with van der Waals surface area (Å²) in [6, 6.07) is 11.5. The molecule has 178 valence electrons. The Kier molecular flexibility index (Phi) is 6.15. The number of piperidine rings is 1. The van der Waals surface area contributed by atoms with Crippen molar-refractivity contribution >= 4 is 17.4 Å². The summed E-state index contributed by atoms with van der Waals surface area (Å²) in [5.74, 6) is 0.0407. The molecule has 0 bridgehead atoms. The summed E-state index contributed by atoms with van der Waals surface area (Å²) in [7, 11) is 1.55. The third-order valence-corrected chi connectivity index (χ3v) is 6.73. The van der Waals surface area contributed by atoms with Gasteiger partial charge >= 0.3 is 0 Å². The largest absolute Gasteiger partial charge is 0.507 e. The minimum absolute atomic E-state index is 0.0482. The molecule has 8 heteroatoms. The molecule has 0 aromatic heterocycles. The average molecular weight is 465 g/mol. The van der Waals surface area contributed by atoms with E-state index in [2.05, 4.69) is 4.90 Å². The highest BCUT2D eigenvalue weighted by atomic mass is 16.7. The van der Waals surface area contributed by atoms with Gasteiger partial charge in [0, 0.05) is 24.2 Å². The monoisotopic (exact) mass is 464 g/mol. The Balaban J connectivity index is 1.56. The van der Waals surface area contributed by atoms with Gasteiger partial charge in [-0.15, -0.1) is 0 Å². The molecule has 1 unspecified atom stereocenters. The fraction of sp³-hybridized carbons (Fsp3) is 0.385. The Morgan fingerprint density at radius 1 is 1.03 bits per heavy atom. The van der Waals surface area contributed by atoms with Crippen LogP contribution in [0.15, 0.2) is 48.0 Å². The lowest BCUT2D eigenvalue weighted by Gasteiger charge is -2.31. The zero-order valence-corrected chi connectivity index (χ0v) is 19.2. The molecule has 1 amide bonds. The van der Waals surface area contributed by atoms with E-state index in [-0.39, 0.29) is 18.1 Å². The van der Waals surface area contributed by atoms with Crippen molar-refractivity contribution in [2.75, 3.05) is 40.1 Å². The number of ether oxygens (including phenoxy) is 3. The van der Waals surface area contributed by atoms with Crippen LogP contribution in [0.4, 0.5) is 0 Å². The molecular weight excluding hydrogens is 436 g/mol. The third kappa shape index (κ3) is 3.98. The van der Waals surface area contributed by atoms with Gasteiger partial charge < -0.3 is 29.1 Å². The van der Waals surface area contributed by atoms with Gasteiger partial charge in [-0.1, -0.05) is 24.6 Å². The van der Waals surface area contributed by atoms with Crippen LogP contribution < -0.4 is 14.2 Å². The first kappa shape index (κ1) is 22.3. The Hall–Kier alpha value is -3.52. The first-order valence-corrected chi connectivity index (χ1v) is 11.6. The second-order valence-corrected chi connectivity index (χ2v) is 8.70. The number of hydrogen-bond acceptors (Lipinski definition) is 7. The van der Waals surface area contributed by atoms with Crippen LogP contribution in [0.5, 0.6) is 17.2 Å². The van der Waals surface area contributed by atoms with E-state index in [1.165, 1.54) is 6.42 Å². The van der Waals surface area contributed by atoms with Gasteiger partial charge in [-0.2, -0.15) is 0 Å². The highest BCUT2D eigenvalue weighted by Gasteiger charge is 2.47. The molecule has 3 aliphatic heterocycles. The second-order valence-electron chi connectivity index (χ2n) is 8.70. The Morgan fingerprint density at radius 3 is 2.59 bits per heavy atom. The number of carbonyl (C=O) groups is 2. The van der Waals surface area contributed by atoms with Gasteiger partial charge in [0.2, 0.25) is 6.79 Å². The van der Waals surface area contributed by atoms with Crippen molar-refractivity contribution in [3.05, 3.63) is 59.2 Å². The average Bonchev–Trinajstić information content (AvgIpc) is 3.45. The van der Waals surface area contributed by atoms with E-state index in [0.29, 0.717) is 41.5 Å². The highest BCUT2D eigenvalue weighted by molar-refractivity contribution is 6.46. The zero-order valence-electron chi connectivity index (χ0n) is 19.2. The number of aliphatic hydroxyl groups is 1. The predicted molar refractivity (Wildman–Crippen MR) is 125 cm³/mol. The van der Waals surface area contributed by atoms with Crippen molar-refractivity contribution in [1.29, 1.82) is 0 Å². The molecule has 2 aromatic rings. The van der Waals surface area contributed by atoms with E-state index >= 15 is 0 Å². The molecule has 0 radical (unpaired) electrons. The van der Waals surface area contributed by atoms with Crippen molar-refractivity contribution in [2.45, 2.75) is 25.3 Å². The van der Waals surface area contributed by atoms with Gasteiger partial charge in [-0.25, -0.2) is 0 Å². The summed E-state index contributed by atoms with van der Waals surface area (Å²) in [5, 5.41) is 11.3. The van der Waals surface area contributed by atoms with Crippen LogP contribution in [0.1, 0.15) is 36.4 Å².